The zero-order chi connectivity index (χ0) is 23.2. The molecule has 0 radical (unpaired) electrons. The Hall–Kier alpha value is -1.99. The van der Waals surface area contributed by atoms with Crippen molar-refractivity contribution < 1.29 is 19.7 Å². The lowest BCUT2D eigenvalue weighted by molar-refractivity contribution is -0.135. The minimum Gasteiger partial charge on any atom is -0.392 e. The molecule has 2 fully saturated rings. The Morgan fingerprint density at radius 1 is 1.33 bits per heavy atom. The van der Waals surface area contributed by atoms with Gasteiger partial charge in [0.05, 0.1) is 25.4 Å². The lowest BCUT2D eigenvalue weighted by Gasteiger charge is -2.26. The predicted octanol–water partition coefficient (Wildman–Crippen LogP) is 2.24. The van der Waals surface area contributed by atoms with Crippen LogP contribution in [0.2, 0.25) is 0 Å². The van der Waals surface area contributed by atoms with Crippen LogP contribution in [0.15, 0.2) is 48.1 Å². The van der Waals surface area contributed by atoms with E-state index in [1.807, 2.05) is 29.2 Å². The fraction of sp³-hybridized carbons (Fsp3) is 0.593. The molecule has 0 unspecified atom stereocenters. The van der Waals surface area contributed by atoms with Gasteiger partial charge in [-0.05, 0) is 37.2 Å². The average Bonchev–Trinajstić information content (AvgIpc) is 3.32. The van der Waals surface area contributed by atoms with Gasteiger partial charge in [0.2, 0.25) is 5.91 Å². The van der Waals surface area contributed by atoms with Gasteiger partial charge in [-0.15, -0.1) is 0 Å². The van der Waals surface area contributed by atoms with E-state index in [9.17, 15) is 15.0 Å². The fourth-order valence-electron chi connectivity index (χ4n) is 5.56. The highest BCUT2D eigenvalue weighted by molar-refractivity contribution is 5.76. The highest BCUT2D eigenvalue weighted by Crippen LogP contribution is 2.47. The van der Waals surface area contributed by atoms with Crippen molar-refractivity contribution in [3.63, 3.8) is 0 Å². The van der Waals surface area contributed by atoms with Crippen LogP contribution in [-0.2, 0) is 16.0 Å². The van der Waals surface area contributed by atoms with Crippen molar-refractivity contribution in [2.45, 2.75) is 44.8 Å². The number of morpholine rings is 1. The first-order valence-electron chi connectivity index (χ1n) is 12.4. The normalized spacial score (nSPS) is 28.2. The predicted molar refractivity (Wildman–Crippen MR) is 129 cm³/mol. The van der Waals surface area contributed by atoms with Crippen molar-refractivity contribution in [2.75, 3.05) is 39.4 Å². The van der Waals surface area contributed by atoms with Gasteiger partial charge in [0.15, 0.2) is 0 Å². The first-order valence-corrected chi connectivity index (χ1v) is 12.4. The summed E-state index contributed by atoms with van der Waals surface area (Å²) in [5.74, 6) is 1.07. The molecule has 1 amide bonds. The summed E-state index contributed by atoms with van der Waals surface area (Å²) in [6.45, 7) is 6.21. The molecule has 0 aromatic heterocycles. The SMILES string of the molecule is Cc1cccc(C[C@@H](O)C=C[C@@H]2[C@H]3CC(CNCCC(=O)N4CCOCC4)=C[C@H]3C[C@H]2O)c1. The minimum absolute atomic E-state index is 0.0822. The van der Waals surface area contributed by atoms with Gasteiger partial charge in [-0.1, -0.05) is 53.6 Å². The maximum atomic E-state index is 12.3. The maximum absolute atomic E-state index is 12.3. The zero-order valence-corrected chi connectivity index (χ0v) is 19.7. The van der Waals surface area contributed by atoms with Crippen LogP contribution < -0.4 is 5.32 Å². The van der Waals surface area contributed by atoms with Crippen LogP contribution >= 0.6 is 0 Å². The van der Waals surface area contributed by atoms with Crippen molar-refractivity contribution in [3.05, 3.63) is 59.2 Å². The molecule has 3 aliphatic rings. The molecular weight excluding hydrogens is 416 g/mol. The summed E-state index contributed by atoms with van der Waals surface area (Å²) in [5, 5.41) is 24.5. The minimum atomic E-state index is -0.544. The summed E-state index contributed by atoms with van der Waals surface area (Å²) >= 11 is 0. The van der Waals surface area contributed by atoms with E-state index in [4.69, 9.17) is 4.74 Å². The molecule has 1 saturated carbocycles. The van der Waals surface area contributed by atoms with E-state index in [2.05, 4.69) is 30.4 Å². The number of aliphatic hydroxyl groups excluding tert-OH is 2. The molecule has 1 saturated heterocycles. The zero-order valence-electron chi connectivity index (χ0n) is 19.7. The Balaban J connectivity index is 1.21. The Morgan fingerprint density at radius 2 is 2.15 bits per heavy atom. The Labute approximate surface area is 197 Å². The number of carbonyl (C=O) groups excluding carboxylic acids is 1. The highest BCUT2D eigenvalue weighted by Gasteiger charge is 2.43. The number of nitrogens with zero attached hydrogens (tertiary/aromatic N) is 1. The van der Waals surface area contributed by atoms with Gasteiger partial charge in [0.25, 0.3) is 0 Å². The number of aliphatic hydroxyl groups is 2. The summed E-state index contributed by atoms with van der Waals surface area (Å²) in [7, 11) is 0. The topological polar surface area (TPSA) is 82.0 Å². The van der Waals surface area contributed by atoms with E-state index < -0.39 is 6.10 Å². The molecule has 1 aromatic rings. The average molecular weight is 455 g/mol. The number of hydrogen-bond donors (Lipinski definition) is 3. The van der Waals surface area contributed by atoms with Gasteiger partial charge in [0.1, 0.15) is 0 Å². The van der Waals surface area contributed by atoms with Gasteiger partial charge < -0.3 is 25.2 Å². The van der Waals surface area contributed by atoms with Crippen LogP contribution in [0.5, 0.6) is 0 Å². The van der Waals surface area contributed by atoms with E-state index in [0.717, 1.165) is 24.9 Å². The van der Waals surface area contributed by atoms with Crippen LogP contribution in [0.4, 0.5) is 0 Å². The van der Waals surface area contributed by atoms with Gasteiger partial charge in [-0.2, -0.15) is 0 Å². The van der Waals surface area contributed by atoms with Gasteiger partial charge in [-0.25, -0.2) is 0 Å². The number of aryl methyl sites for hydroxylation is 1. The number of carbonyl (C=O) groups is 1. The molecule has 5 atom stereocenters. The second-order valence-corrected chi connectivity index (χ2v) is 9.80. The number of fused-ring (bicyclic) bond motifs is 1. The summed E-state index contributed by atoms with van der Waals surface area (Å²) < 4.78 is 5.30. The van der Waals surface area contributed by atoms with Crippen LogP contribution in [0.3, 0.4) is 0 Å². The number of allylic oxidation sites excluding steroid dienone is 1. The van der Waals surface area contributed by atoms with E-state index in [-0.39, 0.29) is 17.9 Å². The molecule has 6 heteroatoms. The number of hydrogen-bond acceptors (Lipinski definition) is 5. The van der Waals surface area contributed by atoms with Crippen molar-refractivity contribution in [1.29, 1.82) is 0 Å². The fourth-order valence-corrected chi connectivity index (χ4v) is 5.56. The molecule has 0 bridgehead atoms. The van der Waals surface area contributed by atoms with E-state index in [1.54, 1.807) is 0 Å². The van der Waals surface area contributed by atoms with Crippen molar-refractivity contribution in [2.24, 2.45) is 17.8 Å². The Kier molecular flexibility index (Phi) is 8.36. The first kappa shape index (κ1) is 24.1. The van der Waals surface area contributed by atoms with Crippen molar-refractivity contribution >= 4 is 5.91 Å². The summed E-state index contributed by atoms with van der Waals surface area (Å²) in [6.07, 6.45) is 8.20. The van der Waals surface area contributed by atoms with Crippen molar-refractivity contribution in [3.8, 4) is 0 Å². The lowest BCUT2D eigenvalue weighted by atomic mass is 9.89. The number of ether oxygens (including phenoxy) is 1. The van der Waals surface area contributed by atoms with Gasteiger partial charge >= 0.3 is 0 Å². The highest BCUT2D eigenvalue weighted by atomic mass is 16.5. The van der Waals surface area contributed by atoms with E-state index >= 15 is 0 Å². The molecular formula is C27H38N2O4. The smallest absolute Gasteiger partial charge is 0.224 e. The van der Waals surface area contributed by atoms with Crippen LogP contribution in [0.25, 0.3) is 0 Å². The van der Waals surface area contributed by atoms with E-state index in [0.29, 0.717) is 57.5 Å². The third-order valence-corrected chi connectivity index (χ3v) is 7.26. The van der Waals surface area contributed by atoms with Gasteiger partial charge in [-0.3, -0.25) is 4.79 Å². The Morgan fingerprint density at radius 3 is 2.94 bits per heavy atom. The number of rotatable bonds is 9. The molecule has 2 aliphatic carbocycles. The number of benzene rings is 1. The molecule has 3 N–H and O–H groups in total. The maximum Gasteiger partial charge on any atom is 0.224 e. The summed E-state index contributed by atoms with van der Waals surface area (Å²) in [4.78, 5) is 14.1. The number of amides is 1. The largest absolute Gasteiger partial charge is 0.392 e. The molecule has 1 heterocycles. The molecule has 33 heavy (non-hydrogen) atoms. The number of nitrogens with one attached hydrogen (secondary N) is 1. The first-order chi connectivity index (χ1) is 16.0. The monoisotopic (exact) mass is 454 g/mol. The third kappa shape index (κ3) is 6.54. The molecule has 1 aliphatic heterocycles. The second kappa shape index (κ2) is 11.4. The Bertz CT molecular complexity index is 861. The van der Waals surface area contributed by atoms with Crippen LogP contribution in [0, 0.1) is 24.7 Å². The summed E-state index contributed by atoms with van der Waals surface area (Å²) in [5.41, 5.74) is 3.69. The molecule has 4 rings (SSSR count). The second-order valence-electron chi connectivity index (χ2n) is 9.80. The third-order valence-electron chi connectivity index (χ3n) is 7.26. The standard InChI is InChI=1S/C27H38N2O4/c1-19-3-2-4-20(13-19)15-23(30)5-6-24-25-16-21(14-22(25)17-26(24)31)18-28-8-7-27(32)29-9-11-33-12-10-29/h2-6,13-14,22-26,28,30-31H,7-12,15-18H2,1H3/t22-,23-,24+,25-,26+/m0/s1. The molecule has 0 spiro atoms. The quantitative estimate of drug-likeness (QED) is 0.394. The van der Waals surface area contributed by atoms with E-state index in [1.165, 1.54) is 11.1 Å². The van der Waals surface area contributed by atoms with Crippen LogP contribution in [-0.4, -0.2) is 72.6 Å². The summed E-state index contributed by atoms with van der Waals surface area (Å²) in [6, 6.07) is 8.22. The van der Waals surface area contributed by atoms with Crippen molar-refractivity contribution in [1.82, 2.24) is 10.2 Å². The van der Waals surface area contributed by atoms with Gasteiger partial charge in [0, 0.05) is 44.9 Å². The molecule has 6 nitrogen and oxygen atoms in total. The molecule has 1 aromatic carbocycles. The molecule has 180 valence electrons. The lowest BCUT2D eigenvalue weighted by Crippen LogP contribution is -2.41. The van der Waals surface area contributed by atoms with Crippen LogP contribution in [0.1, 0.15) is 30.4 Å².